The summed E-state index contributed by atoms with van der Waals surface area (Å²) in [5, 5.41) is 0. The van der Waals surface area contributed by atoms with E-state index in [-0.39, 0.29) is 0 Å². The van der Waals surface area contributed by atoms with E-state index < -0.39 is 0 Å². The molecule has 0 bridgehead atoms. The van der Waals surface area contributed by atoms with E-state index in [0.717, 1.165) is 5.56 Å². The standard InChI is InChI=1S/C21H15NS/c1-3-8-16(9-4-1)19-14-20(18-12-7-13-22-15-18)23-21(19)17-10-5-2-6-11-17/h1-15H. The molecule has 0 fully saturated rings. The van der Waals surface area contributed by atoms with Crippen LogP contribution in [0.2, 0.25) is 0 Å². The van der Waals surface area contributed by atoms with Crippen LogP contribution in [0.3, 0.4) is 0 Å². The molecule has 2 heterocycles. The third kappa shape index (κ3) is 2.81. The number of pyridine rings is 1. The maximum Gasteiger partial charge on any atom is 0.0427 e. The van der Waals surface area contributed by atoms with E-state index in [1.54, 1.807) is 0 Å². The molecule has 0 unspecified atom stereocenters. The normalized spacial score (nSPS) is 10.6. The minimum atomic E-state index is 1.16. The Balaban J connectivity index is 1.91. The molecule has 0 atom stereocenters. The van der Waals surface area contributed by atoms with Crippen LogP contribution in [0.4, 0.5) is 0 Å². The Morgan fingerprint density at radius 2 is 1.30 bits per heavy atom. The van der Waals surface area contributed by atoms with Gasteiger partial charge in [-0.25, -0.2) is 0 Å². The quantitative estimate of drug-likeness (QED) is 0.442. The molecule has 0 spiro atoms. The third-order valence-electron chi connectivity index (χ3n) is 3.80. The Morgan fingerprint density at radius 3 is 1.96 bits per heavy atom. The van der Waals surface area contributed by atoms with Gasteiger partial charge in [-0.3, -0.25) is 4.98 Å². The first-order valence-corrected chi connectivity index (χ1v) is 8.38. The Bertz CT molecular complexity index is 840. The molecular weight excluding hydrogens is 298 g/mol. The zero-order valence-corrected chi connectivity index (χ0v) is 13.3. The van der Waals surface area contributed by atoms with Crippen molar-refractivity contribution in [1.82, 2.24) is 4.98 Å². The highest BCUT2D eigenvalue weighted by Gasteiger charge is 2.13. The zero-order valence-electron chi connectivity index (χ0n) is 12.5. The second-order valence-corrected chi connectivity index (χ2v) is 6.38. The topological polar surface area (TPSA) is 12.9 Å². The van der Waals surface area contributed by atoms with Gasteiger partial charge in [-0.1, -0.05) is 66.7 Å². The summed E-state index contributed by atoms with van der Waals surface area (Å²) in [6.07, 6.45) is 3.74. The summed E-state index contributed by atoms with van der Waals surface area (Å²) in [7, 11) is 0. The molecule has 4 rings (SSSR count). The SMILES string of the molecule is c1ccc(-c2cc(-c3cccnc3)sc2-c2ccccc2)cc1. The number of hydrogen-bond donors (Lipinski definition) is 0. The number of rotatable bonds is 3. The zero-order chi connectivity index (χ0) is 15.5. The molecular formula is C21H15NS. The van der Waals surface area contributed by atoms with E-state index in [1.165, 1.54) is 26.4 Å². The molecule has 0 saturated heterocycles. The van der Waals surface area contributed by atoms with E-state index in [1.807, 2.05) is 29.8 Å². The van der Waals surface area contributed by atoms with Crippen molar-refractivity contribution in [3.8, 4) is 32.0 Å². The first-order chi connectivity index (χ1) is 11.4. The summed E-state index contributed by atoms with van der Waals surface area (Å²) in [6.45, 7) is 0. The lowest BCUT2D eigenvalue weighted by Crippen LogP contribution is -1.78. The molecule has 110 valence electrons. The van der Waals surface area contributed by atoms with Gasteiger partial charge in [0.1, 0.15) is 0 Å². The fourth-order valence-electron chi connectivity index (χ4n) is 2.68. The average Bonchev–Trinajstić information content (AvgIpc) is 3.09. The van der Waals surface area contributed by atoms with Gasteiger partial charge in [0.2, 0.25) is 0 Å². The molecule has 2 aromatic heterocycles. The summed E-state index contributed by atoms with van der Waals surface area (Å²) < 4.78 is 0. The van der Waals surface area contributed by atoms with Gasteiger partial charge >= 0.3 is 0 Å². The van der Waals surface area contributed by atoms with Crippen molar-refractivity contribution in [3.05, 3.63) is 91.3 Å². The minimum absolute atomic E-state index is 1.16. The number of benzene rings is 2. The Hall–Kier alpha value is -2.71. The predicted molar refractivity (Wildman–Crippen MR) is 98.4 cm³/mol. The maximum atomic E-state index is 4.25. The average molecular weight is 313 g/mol. The first kappa shape index (κ1) is 13.9. The van der Waals surface area contributed by atoms with Crippen molar-refractivity contribution in [3.63, 3.8) is 0 Å². The molecule has 0 aliphatic carbocycles. The molecule has 2 aromatic carbocycles. The summed E-state index contributed by atoms with van der Waals surface area (Å²) in [4.78, 5) is 6.80. The molecule has 23 heavy (non-hydrogen) atoms. The van der Waals surface area contributed by atoms with Crippen LogP contribution in [-0.4, -0.2) is 4.98 Å². The van der Waals surface area contributed by atoms with Crippen molar-refractivity contribution >= 4 is 11.3 Å². The van der Waals surface area contributed by atoms with E-state index in [2.05, 4.69) is 77.8 Å². The van der Waals surface area contributed by atoms with Crippen LogP contribution in [0, 0.1) is 0 Å². The highest BCUT2D eigenvalue weighted by atomic mass is 32.1. The van der Waals surface area contributed by atoms with Gasteiger partial charge in [0.15, 0.2) is 0 Å². The second-order valence-electron chi connectivity index (χ2n) is 5.33. The van der Waals surface area contributed by atoms with Gasteiger partial charge in [0, 0.05) is 33.3 Å². The monoisotopic (exact) mass is 313 g/mol. The Labute approximate surface area is 139 Å². The largest absolute Gasteiger partial charge is 0.264 e. The second kappa shape index (κ2) is 6.19. The molecule has 0 aliphatic heterocycles. The predicted octanol–water partition coefficient (Wildman–Crippen LogP) is 6.14. The molecule has 0 amide bonds. The summed E-state index contributed by atoms with van der Waals surface area (Å²) in [5.74, 6) is 0. The van der Waals surface area contributed by atoms with Crippen molar-refractivity contribution in [2.45, 2.75) is 0 Å². The molecule has 0 radical (unpaired) electrons. The summed E-state index contributed by atoms with van der Waals surface area (Å²) >= 11 is 1.82. The van der Waals surface area contributed by atoms with Gasteiger partial charge in [0.05, 0.1) is 0 Å². The Kier molecular flexibility index (Phi) is 3.75. The van der Waals surface area contributed by atoms with Crippen molar-refractivity contribution in [2.24, 2.45) is 0 Å². The number of aromatic nitrogens is 1. The lowest BCUT2D eigenvalue weighted by Gasteiger charge is -2.03. The number of thiophene rings is 1. The third-order valence-corrected chi connectivity index (χ3v) is 5.03. The molecule has 0 aliphatic rings. The number of nitrogens with zero attached hydrogens (tertiary/aromatic N) is 1. The summed E-state index contributed by atoms with van der Waals surface area (Å²) in [6, 6.07) is 27.5. The first-order valence-electron chi connectivity index (χ1n) is 7.57. The fraction of sp³-hybridized carbons (Fsp3) is 0. The van der Waals surface area contributed by atoms with Crippen LogP contribution >= 0.6 is 11.3 Å². The van der Waals surface area contributed by atoms with E-state index in [4.69, 9.17) is 0 Å². The molecule has 0 N–H and O–H groups in total. The van der Waals surface area contributed by atoms with Crippen molar-refractivity contribution in [1.29, 1.82) is 0 Å². The lowest BCUT2D eigenvalue weighted by atomic mass is 10.0. The van der Waals surface area contributed by atoms with Gasteiger partial charge in [-0.05, 0) is 23.3 Å². The van der Waals surface area contributed by atoms with Crippen LogP contribution in [0.5, 0.6) is 0 Å². The van der Waals surface area contributed by atoms with Gasteiger partial charge < -0.3 is 0 Å². The van der Waals surface area contributed by atoms with E-state index in [9.17, 15) is 0 Å². The van der Waals surface area contributed by atoms with Crippen molar-refractivity contribution in [2.75, 3.05) is 0 Å². The molecule has 2 heteroatoms. The fourth-order valence-corrected chi connectivity index (χ4v) is 3.85. The highest BCUT2D eigenvalue weighted by Crippen LogP contribution is 2.42. The Morgan fingerprint density at radius 1 is 0.652 bits per heavy atom. The van der Waals surface area contributed by atoms with Crippen LogP contribution in [0.15, 0.2) is 91.3 Å². The van der Waals surface area contributed by atoms with Crippen LogP contribution in [-0.2, 0) is 0 Å². The maximum absolute atomic E-state index is 4.25. The van der Waals surface area contributed by atoms with Crippen LogP contribution in [0.1, 0.15) is 0 Å². The smallest absolute Gasteiger partial charge is 0.0427 e. The molecule has 1 nitrogen and oxygen atoms in total. The minimum Gasteiger partial charge on any atom is -0.264 e. The number of hydrogen-bond acceptors (Lipinski definition) is 2. The van der Waals surface area contributed by atoms with E-state index >= 15 is 0 Å². The van der Waals surface area contributed by atoms with Gasteiger partial charge in [-0.2, -0.15) is 0 Å². The van der Waals surface area contributed by atoms with Crippen LogP contribution in [0.25, 0.3) is 32.0 Å². The van der Waals surface area contributed by atoms with Crippen molar-refractivity contribution < 1.29 is 0 Å². The van der Waals surface area contributed by atoms with Crippen LogP contribution < -0.4 is 0 Å². The van der Waals surface area contributed by atoms with Gasteiger partial charge in [-0.15, -0.1) is 11.3 Å². The molecule has 4 aromatic rings. The molecule has 0 saturated carbocycles. The van der Waals surface area contributed by atoms with Gasteiger partial charge in [0.25, 0.3) is 0 Å². The highest BCUT2D eigenvalue weighted by molar-refractivity contribution is 7.19. The summed E-state index contributed by atoms with van der Waals surface area (Å²) in [5.41, 5.74) is 4.95. The van der Waals surface area contributed by atoms with E-state index in [0.29, 0.717) is 0 Å². The lowest BCUT2D eigenvalue weighted by molar-refractivity contribution is 1.33.